The van der Waals surface area contributed by atoms with Crippen molar-refractivity contribution in [3.8, 4) is 0 Å². The third-order valence-corrected chi connectivity index (χ3v) is 3.51. The zero-order valence-electron chi connectivity index (χ0n) is 11.7. The highest BCUT2D eigenvalue weighted by Gasteiger charge is 2.40. The third kappa shape index (κ3) is 4.70. The second-order valence-electron chi connectivity index (χ2n) is 5.26. The molecule has 1 unspecified atom stereocenters. The van der Waals surface area contributed by atoms with Gasteiger partial charge in [-0.1, -0.05) is 25.7 Å². The SMILES string of the molecule is COCC(C)NC(=O)NC1(C(=O)O)CCCCCC1. The standard InChI is InChI=1S/C13H24N2O4/c1-10(9-19-2)14-12(18)15-13(11(16)17)7-5-3-4-6-8-13/h10H,3-9H2,1-2H3,(H,16,17)(H2,14,15,18). The van der Waals surface area contributed by atoms with Crippen LogP contribution < -0.4 is 10.6 Å². The van der Waals surface area contributed by atoms with E-state index in [9.17, 15) is 14.7 Å². The number of hydrogen-bond donors (Lipinski definition) is 3. The highest BCUT2D eigenvalue weighted by atomic mass is 16.5. The topological polar surface area (TPSA) is 87.7 Å². The van der Waals surface area contributed by atoms with Gasteiger partial charge in [-0.3, -0.25) is 0 Å². The molecule has 0 heterocycles. The van der Waals surface area contributed by atoms with Crippen LogP contribution >= 0.6 is 0 Å². The Balaban J connectivity index is 2.62. The van der Waals surface area contributed by atoms with Crippen molar-refractivity contribution >= 4 is 12.0 Å². The Morgan fingerprint density at radius 1 is 1.26 bits per heavy atom. The van der Waals surface area contributed by atoms with Crippen molar-refractivity contribution in [3.05, 3.63) is 0 Å². The number of nitrogens with one attached hydrogen (secondary N) is 2. The number of hydrogen-bond acceptors (Lipinski definition) is 3. The molecule has 2 amide bonds. The second kappa shape index (κ2) is 7.33. The molecule has 3 N–H and O–H groups in total. The average molecular weight is 272 g/mol. The van der Waals surface area contributed by atoms with Crippen LogP contribution in [0.25, 0.3) is 0 Å². The lowest BCUT2D eigenvalue weighted by atomic mass is 9.90. The van der Waals surface area contributed by atoms with Gasteiger partial charge in [0, 0.05) is 7.11 Å². The lowest BCUT2D eigenvalue weighted by Crippen LogP contribution is -2.58. The van der Waals surface area contributed by atoms with Gasteiger partial charge in [0.1, 0.15) is 5.54 Å². The molecule has 1 aliphatic rings. The molecule has 6 heteroatoms. The summed E-state index contributed by atoms with van der Waals surface area (Å²) in [6.45, 7) is 2.21. The predicted octanol–water partition coefficient (Wildman–Crippen LogP) is 1.50. The van der Waals surface area contributed by atoms with Crippen LogP contribution in [0.2, 0.25) is 0 Å². The smallest absolute Gasteiger partial charge is 0.329 e. The van der Waals surface area contributed by atoms with Crippen LogP contribution in [0.1, 0.15) is 45.4 Å². The van der Waals surface area contributed by atoms with Crippen LogP contribution in [0.15, 0.2) is 0 Å². The maximum absolute atomic E-state index is 11.9. The lowest BCUT2D eigenvalue weighted by Gasteiger charge is -2.30. The van der Waals surface area contributed by atoms with Crippen LogP contribution in [-0.2, 0) is 9.53 Å². The Bertz CT molecular complexity index is 312. The monoisotopic (exact) mass is 272 g/mol. The Morgan fingerprint density at radius 2 is 1.84 bits per heavy atom. The number of rotatable bonds is 5. The number of ether oxygens (including phenoxy) is 1. The lowest BCUT2D eigenvalue weighted by molar-refractivity contribution is -0.145. The molecule has 0 bridgehead atoms. The summed E-state index contributed by atoms with van der Waals surface area (Å²) in [4.78, 5) is 23.4. The van der Waals surface area contributed by atoms with Gasteiger partial charge in [0.15, 0.2) is 0 Å². The van der Waals surface area contributed by atoms with E-state index in [-0.39, 0.29) is 6.04 Å². The van der Waals surface area contributed by atoms with Crippen molar-refractivity contribution in [1.29, 1.82) is 0 Å². The first kappa shape index (κ1) is 15.8. The third-order valence-electron chi connectivity index (χ3n) is 3.51. The summed E-state index contributed by atoms with van der Waals surface area (Å²) >= 11 is 0. The van der Waals surface area contributed by atoms with E-state index in [1.54, 1.807) is 7.11 Å². The molecule has 6 nitrogen and oxygen atoms in total. The van der Waals surface area contributed by atoms with Crippen LogP contribution in [0.4, 0.5) is 4.79 Å². The first-order valence-corrected chi connectivity index (χ1v) is 6.81. The van der Waals surface area contributed by atoms with Gasteiger partial charge in [-0.05, 0) is 19.8 Å². The number of methoxy groups -OCH3 is 1. The first-order valence-electron chi connectivity index (χ1n) is 6.81. The van der Waals surface area contributed by atoms with E-state index in [1.807, 2.05) is 6.92 Å². The van der Waals surface area contributed by atoms with E-state index in [4.69, 9.17) is 4.74 Å². The predicted molar refractivity (Wildman–Crippen MR) is 71.1 cm³/mol. The number of carboxylic acid groups (broad SMARTS) is 1. The molecule has 0 aromatic heterocycles. The van der Waals surface area contributed by atoms with E-state index >= 15 is 0 Å². The fraction of sp³-hybridized carbons (Fsp3) is 0.846. The highest BCUT2D eigenvalue weighted by molar-refractivity contribution is 5.86. The molecule has 19 heavy (non-hydrogen) atoms. The Labute approximate surface area is 113 Å². The molecule has 110 valence electrons. The van der Waals surface area contributed by atoms with Crippen molar-refractivity contribution in [2.45, 2.75) is 57.0 Å². The molecule has 1 saturated carbocycles. The number of carbonyl (C=O) groups excluding carboxylic acids is 1. The molecule has 1 aliphatic carbocycles. The van der Waals surface area contributed by atoms with Crippen molar-refractivity contribution in [2.24, 2.45) is 0 Å². The molecule has 0 aliphatic heterocycles. The molecule has 0 spiro atoms. The molecular formula is C13H24N2O4. The molecular weight excluding hydrogens is 248 g/mol. The minimum absolute atomic E-state index is 0.151. The summed E-state index contributed by atoms with van der Waals surface area (Å²) in [6.07, 6.45) is 4.71. The highest BCUT2D eigenvalue weighted by Crippen LogP contribution is 2.27. The second-order valence-corrected chi connectivity index (χ2v) is 5.26. The Morgan fingerprint density at radius 3 is 2.32 bits per heavy atom. The number of carbonyl (C=O) groups is 2. The molecule has 0 saturated heterocycles. The average Bonchev–Trinajstić information content (AvgIpc) is 2.55. The molecule has 1 atom stereocenters. The fourth-order valence-corrected chi connectivity index (χ4v) is 2.49. The van der Waals surface area contributed by atoms with Gasteiger partial charge in [-0.2, -0.15) is 0 Å². The molecule has 0 aromatic carbocycles. The Kier molecular flexibility index (Phi) is 6.08. The fourth-order valence-electron chi connectivity index (χ4n) is 2.49. The normalized spacial score (nSPS) is 20.1. The number of carboxylic acids is 1. The minimum atomic E-state index is -1.12. The van der Waals surface area contributed by atoms with Crippen LogP contribution in [-0.4, -0.2) is 42.4 Å². The van der Waals surface area contributed by atoms with Crippen molar-refractivity contribution in [1.82, 2.24) is 10.6 Å². The van der Waals surface area contributed by atoms with Gasteiger partial charge < -0.3 is 20.5 Å². The van der Waals surface area contributed by atoms with Gasteiger partial charge in [0.25, 0.3) is 0 Å². The van der Waals surface area contributed by atoms with Crippen LogP contribution in [0, 0.1) is 0 Å². The summed E-state index contributed by atoms with van der Waals surface area (Å²) < 4.78 is 4.93. The van der Waals surface area contributed by atoms with Crippen LogP contribution in [0.5, 0.6) is 0 Å². The molecule has 0 radical (unpaired) electrons. The minimum Gasteiger partial charge on any atom is -0.480 e. The van der Waals surface area contributed by atoms with Gasteiger partial charge in [-0.25, -0.2) is 9.59 Å². The number of aliphatic carboxylic acids is 1. The zero-order chi connectivity index (χ0) is 14.3. The summed E-state index contributed by atoms with van der Waals surface area (Å²) in [5.74, 6) is -0.941. The summed E-state index contributed by atoms with van der Waals surface area (Å²) in [5.41, 5.74) is -1.12. The van der Waals surface area contributed by atoms with E-state index in [0.717, 1.165) is 25.7 Å². The molecule has 1 rings (SSSR count). The number of urea groups is 1. The maximum atomic E-state index is 11.9. The Hall–Kier alpha value is -1.30. The summed E-state index contributed by atoms with van der Waals surface area (Å²) in [5, 5.41) is 14.8. The maximum Gasteiger partial charge on any atom is 0.329 e. The number of amides is 2. The quantitative estimate of drug-likeness (QED) is 0.662. The largest absolute Gasteiger partial charge is 0.480 e. The van der Waals surface area contributed by atoms with Gasteiger partial charge in [-0.15, -0.1) is 0 Å². The van der Waals surface area contributed by atoms with Crippen molar-refractivity contribution in [3.63, 3.8) is 0 Å². The first-order chi connectivity index (χ1) is 9.00. The zero-order valence-corrected chi connectivity index (χ0v) is 11.7. The van der Waals surface area contributed by atoms with Gasteiger partial charge in [0.05, 0.1) is 12.6 Å². The van der Waals surface area contributed by atoms with E-state index in [0.29, 0.717) is 19.4 Å². The van der Waals surface area contributed by atoms with E-state index in [2.05, 4.69) is 10.6 Å². The molecule has 0 aromatic rings. The van der Waals surface area contributed by atoms with E-state index < -0.39 is 17.5 Å². The van der Waals surface area contributed by atoms with Crippen molar-refractivity contribution in [2.75, 3.05) is 13.7 Å². The van der Waals surface area contributed by atoms with Gasteiger partial charge in [0.2, 0.25) is 0 Å². The van der Waals surface area contributed by atoms with Crippen LogP contribution in [0.3, 0.4) is 0 Å². The van der Waals surface area contributed by atoms with Crippen molar-refractivity contribution < 1.29 is 19.4 Å². The van der Waals surface area contributed by atoms with Gasteiger partial charge >= 0.3 is 12.0 Å². The summed E-state index contributed by atoms with van der Waals surface area (Å²) in [7, 11) is 1.56. The summed E-state index contributed by atoms with van der Waals surface area (Å²) in [6, 6.07) is -0.588. The van der Waals surface area contributed by atoms with E-state index in [1.165, 1.54) is 0 Å². The molecule has 1 fully saturated rings.